The molecule has 2 unspecified atom stereocenters. The Morgan fingerprint density at radius 1 is 1.39 bits per heavy atom. The van der Waals surface area contributed by atoms with Gasteiger partial charge in [-0.15, -0.1) is 0 Å². The van der Waals surface area contributed by atoms with Gasteiger partial charge in [-0.2, -0.15) is 0 Å². The van der Waals surface area contributed by atoms with E-state index in [-0.39, 0.29) is 11.9 Å². The van der Waals surface area contributed by atoms with E-state index in [1.54, 1.807) is 25.3 Å². The molecule has 1 rings (SSSR count). The van der Waals surface area contributed by atoms with E-state index in [0.29, 0.717) is 18.7 Å². The molecule has 0 amide bonds. The molecule has 0 spiro atoms. The highest BCUT2D eigenvalue weighted by atomic mass is 19.1. The van der Waals surface area contributed by atoms with Crippen molar-refractivity contribution < 1.29 is 14.2 Å². The van der Waals surface area contributed by atoms with Crippen molar-refractivity contribution in [3.8, 4) is 0 Å². The van der Waals surface area contributed by atoms with E-state index < -0.39 is 6.10 Å². The van der Waals surface area contributed by atoms with Gasteiger partial charge in [0.1, 0.15) is 5.82 Å². The van der Waals surface area contributed by atoms with Crippen LogP contribution in [0, 0.1) is 5.82 Å². The van der Waals surface area contributed by atoms with Crippen LogP contribution in [-0.4, -0.2) is 31.4 Å². The molecule has 0 radical (unpaired) electrons. The Labute approximate surface area is 108 Å². The number of aliphatic hydroxyl groups excluding tert-OH is 1. The second-order valence-electron chi connectivity index (χ2n) is 4.39. The maximum atomic E-state index is 13.4. The molecule has 0 fully saturated rings. The van der Waals surface area contributed by atoms with Crippen LogP contribution in [0.5, 0.6) is 0 Å². The zero-order valence-electron chi connectivity index (χ0n) is 11.0. The lowest BCUT2D eigenvalue weighted by Gasteiger charge is -2.20. The zero-order valence-corrected chi connectivity index (χ0v) is 11.0. The van der Waals surface area contributed by atoms with E-state index in [1.165, 1.54) is 6.07 Å². The maximum absolute atomic E-state index is 13.4. The minimum atomic E-state index is -0.831. The van der Waals surface area contributed by atoms with Gasteiger partial charge in [0.15, 0.2) is 0 Å². The van der Waals surface area contributed by atoms with E-state index >= 15 is 0 Å². The minimum absolute atomic E-state index is 0.196. The van der Waals surface area contributed by atoms with Gasteiger partial charge in [-0.25, -0.2) is 4.39 Å². The van der Waals surface area contributed by atoms with Gasteiger partial charge in [-0.05, 0) is 12.5 Å². The molecule has 1 aromatic carbocycles. The zero-order chi connectivity index (χ0) is 13.4. The van der Waals surface area contributed by atoms with Gasteiger partial charge in [-0.1, -0.05) is 31.5 Å². The van der Waals surface area contributed by atoms with E-state index in [9.17, 15) is 9.50 Å². The van der Waals surface area contributed by atoms with E-state index in [4.69, 9.17) is 4.74 Å². The summed E-state index contributed by atoms with van der Waals surface area (Å²) in [6, 6.07) is 6.50. The molecule has 0 saturated carbocycles. The summed E-state index contributed by atoms with van der Waals surface area (Å²) in [5, 5.41) is 13.1. The van der Waals surface area contributed by atoms with Gasteiger partial charge in [0.05, 0.1) is 12.7 Å². The summed E-state index contributed by atoms with van der Waals surface area (Å²) in [7, 11) is 1.65. The smallest absolute Gasteiger partial charge is 0.129 e. The fourth-order valence-corrected chi connectivity index (χ4v) is 1.93. The largest absolute Gasteiger partial charge is 0.387 e. The maximum Gasteiger partial charge on any atom is 0.129 e. The molecule has 0 saturated heterocycles. The van der Waals surface area contributed by atoms with Crippen molar-refractivity contribution in [2.75, 3.05) is 20.3 Å². The van der Waals surface area contributed by atoms with E-state index in [2.05, 4.69) is 12.2 Å². The first kappa shape index (κ1) is 15.1. The summed E-state index contributed by atoms with van der Waals surface area (Å²) in [4.78, 5) is 0. The van der Waals surface area contributed by atoms with Gasteiger partial charge in [0.25, 0.3) is 0 Å². The Balaban J connectivity index is 2.49. The van der Waals surface area contributed by atoms with Crippen LogP contribution in [0.25, 0.3) is 0 Å². The monoisotopic (exact) mass is 255 g/mol. The van der Waals surface area contributed by atoms with Crippen LogP contribution in [0.1, 0.15) is 31.4 Å². The Morgan fingerprint density at radius 3 is 2.72 bits per heavy atom. The molecule has 0 aromatic heterocycles. The molecule has 2 N–H and O–H groups in total. The van der Waals surface area contributed by atoms with Gasteiger partial charge in [0, 0.05) is 25.3 Å². The predicted octanol–water partition coefficient (Wildman–Crippen LogP) is 2.26. The fraction of sp³-hybridized carbons (Fsp3) is 0.571. The first-order valence-corrected chi connectivity index (χ1v) is 6.33. The van der Waals surface area contributed by atoms with Gasteiger partial charge >= 0.3 is 0 Å². The van der Waals surface area contributed by atoms with Crippen molar-refractivity contribution in [3.63, 3.8) is 0 Å². The number of benzene rings is 1. The lowest BCUT2D eigenvalue weighted by atomic mass is 10.1. The summed E-state index contributed by atoms with van der Waals surface area (Å²) < 4.78 is 18.5. The third-order valence-corrected chi connectivity index (χ3v) is 2.87. The second-order valence-corrected chi connectivity index (χ2v) is 4.39. The Hall–Kier alpha value is -0.970. The third kappa shape index (κ3) is 4.72. The fourth-order valence-electron chi connectivity index (χ4n) is 1.93. The average molecular weight is 255 g/mol. The Kier molecular flexibility index (Phi) is 6.86. The van der Waals surface area contributed by atoms with E-state index in [1.807, 2.05) is 0 Å². The molecule has 2 atom stereocenters. The van der Waals surface area contributed by atoms with Crippen LogP contribution >= 0.6 is 0 Å². The number of nitrogens with one attached hydrogen (secondary N) is 1. The molecule has 0 heterocycles. The molecule has 0 bridgehead atoms. The quantitative estimate of drug-likeness (QED) is 0.748. The number of ether oxygens (including phenoxy) is 1. The molecule has 0 aliphatic rings. The molecule has 0 aliphatic heterocycles. The SMILES string of the molecule is CCCC(COC)NCC(O)c1ccccc1F. The van der Waals surface area contributed by atoms with Gasteiger partial charge < -0.3 is 15.2 Å². The Morgan fingerprint density at radius 2 is 2.11 bits per heavy atom. The summed E-state index contributed by atoms with van der Waals surface area (Å²) in [6.07, 6.45) is 1.18. The van der Waals surface area contributed by atoms with Crippen molar-refractivity contribution in [2.45, 2.75) is 31.9 Å². The van der Waals surface area contributed by atoms with E-state index in [0.717, 1.165) is 12.8 Å². The summed E-state index contributed by atoms with van der Waals surface area (Å²) in [6.45, 7) is 3.02. The highest BCUT2D eigenvalue weighted by molar-refractivity contribution is 5.19. The first-order valence-electron chi connectivity index (χ1n) is 6.33. The summed E-state index contributed by atoms with van der Waals surface area (Å²) in [5.41, 5.74) is 0.331. The molecule has 0 aliphatic carbocycles. The van der Waals surface area contributed by atoms with Crippen molar-refractivity contribution >= 4 is 0 Å². The average Bonchev–Trinajstić information content (AvgIpc) is 2.36. The molecule has 18 heavy (non-hydrogen) atoms. The summed E-state index contributed by atoms with van der Waals surface area (Å²) >= 11 is 0. The number of halogens is 1. The lowest BCUT2D eigenvalue weighted by Crippen LogP contribution is -2.36. The highest BCUT2D eigenvalue weighted by Gasteiger charge is 2.14. The Bertz CT molecular complexity index is 340. The number of hydrogen-bond donors (Lipinski definition) is 2. The van der Waals surface area contributed by atoms with Gasteiger partial charge in [0.2, 0.25) is 0 Å². The molecular weight excluding hydrogens is 233 g/mol. The molecule has 102 valence electrons. The predicted molar refractivity (Wildman–Crippen MR) is 69.9 cm³/mol. The number of hydrogen-bond acceptors (Lipinski definition) is 3. The highest BCUT2D eigenvalue weighted by Crippen LogP contribution is 2.16. The first-order chi connectivity index (χ1) is 8.69. The standard InChI is InChI=1S/C14H22FNO2/c1-3-6-11(10-18-2)16-9-14(17)12-7-4-5-8-13(12)15/h4-5,7-8,11,14,16-17H,3,6,9-10H2,1-2H3. The molecular formula is C14H22FNO2. The van der Waals surface area contributed by atoms with Crippen LogP contribution in [-0.2, 0) is 4.74 Å². The van der Waals surface area contributed by atoms with Crippen LogP contribution in [0.3, 0.4) is 0 Å². The molecule has 1 aromatic rings. The third-order valence-electron chi connectivity index (χ3n) is 2.87. The molecule has 4 heteroatoms. The van der Waals surface area contributed by atoms with Crippen LogP contribution < -0.4 is 5.32 Å². The van der Waals surface area contributed by atoms with Crippen molar-refractivity contribution in [1.29, 1.82) is 0 Å². The second kappa shape index (κ2) is 8.19. The topological polar surface area (TPSA) is 41.5 Å². The normalized spacial score (nSPS) is 14.4. The number of rotatable bonds is 8. The van der Waals surface area contributed by atoms with Gasteiger partial charge in [-0.3, -0.25) is 0 Å². The van der Waals surface area contributed by atoms with Crippen molar-refractivity contribution in [3.05, 3.63) is 35.6 Å². The minimum Gasteiger partial charge on any atom is -0.387 e. The van der Waals surface area contributed by atoms with Crippen molar-refractivity contribution in [1.82, 2.24) is 5.32 Å². The summed E-state index contributed by atoms with van der Waals surface area (Å²) in [5.74, 6) is -0.370. The van der Waals surface area contributed by atoms with Crippen molar-refractivity contribution in [2.24, 2.45) is 0 Å². The molecule has 3 nitrogen and oxygen atoms in total. The van der Waals surface area contributed by atoms with Crippen LogP contribution in [0.4, 0.5) is 4.39 Å². The number of methoxy groups -OCH3 is 1. The lowest BCUT2D eigenvalue weighted by molar-refractivity contribution is 0.134. The number of aliphatic hydroxyl groups is 1. The van der Waals surface area contributed by atoms with Crippen LogP contribution in [0.15, 0.2) is 24.3 Å². The van der Waals surface area contributed by atoms with Crippen LogP contribution in [0.2, 0.25) is 0 Å².